The molecule has 0 atom stereocenters. The Morgan fingerprint density at radius 3 is 2.65 bits per heavy atom. The standard InChI is InChI=1S/C25H23F3N4O2/c1-3-4-9-34-23-13-21(20-7-5-6-8-22(20)31-23)24(33)30-18-10-17(25(26,27)28)11-19(12-18)32-14-16(2)29-15-32/h5-8,10-15H,3-4,9H2,1-2H3,(H,30,33). The molecule has 2 heterocycles. The molecule has 0 radical (unpaired) electrons. The number of rotatable bonds is 7. The first kappa shape index (κ1) is 23.3. The van der Waals surface area contributed by atoms with E-state index < -0.39 is 17.6 Å². The number of para-hydroxylation sites is 1. The molecular formula is C25H23F3N4O2. The van der Waals surface area contributed by atoms with E-state index >= 15 is 0 Å². The molecule has 0 spiro atoms. The summed E-state index contributed by atoms with van der Waals surface area (Å²) >= 11 is 0. The van der Waals surface area contributed by atoms with Crippen LogP contribution in [0.3, 0.4) is 0 Å². The second-order valence-corrected chi connectivity index (χ2v) is 7.87. The number of benzene rings is 2. The number of alkyl halides is 3. The van der Waals surface area contributed by atoms with E-state index in [1.54, 1.807) is 37.4 Å². The Balaban J connectivity index is 1.72. The minimum Gasteiger partial charge on any atom is -0.478 e. The van der Waals surface area contributed by atoms with Crippen molar-refractivity contribution in [2.24, 2.45) is 0 Å². The van der Waals surface area contributed by atoms with Gasteiger partial charge in [-0.25, -0.2) is 9.97 Å². The van der Waals surface area contributed by atoms with E-state index in [0.29, 0.717) is 23.2 Å². The molecule has 2 aromatic heterocycles. The van der Waals surface area contributed by atoms with Gasteiger partial charge in [0.15, 0.2) is 0 Å². The van der Waals surface area contributed by atoms with Crippen LogP contribution in [-0.2, 0) is 6.18 Å². The summed E-state index contributed by atoms with van der Waals surface area (Å²) in [7, 11) is 0. The quantitative estimate of drug-likeness (QED) is 0.329. The van der Waals surface area contributed by atoms with E-state index in [1.165, 1.54) is 23.0 Å². The number of hydrogen-bond acceptors (Lipinski definition) is 4. The molecule has 1 N–H and O–H groups in total. The topological polar surface area (TPSA) is 69.0 Å². The highest BCUT2D eigenvalue weighted by Crippen LogP contribution is 2.33. The van der Waals surface area contributed by atoms with E-state index in [4.69, 9.17) is 4.74 Å². The van der Waals surface area contributed by atoms with Gasteiger partial charge in [-0.3, -0.25) is 4.79 Å². The maximum absolute atomic E-state index is 13.6. The number of carbonyl (C=O) groups is 1. The van der Waals surface area contributed by atoms with Crippen molar-refractivity contribution in [1.82, 2.24) is 14.5 Å². The molecule has 34 heavy (non-hydrogen) atoms. The van der Waals surface area contributed by atoms with Crippen molar-refractivity contribution in [2.45, 2.75) is 32.9 Å². The van der Waals surface area contributed by atoms with E-state index in [0.717, 1.165) is 25.0 Å². The van der Waals surface area contributed by atoms with Crippen molar-refractivity contribution < 1.29 is 22.7 Å². The SMILES string of the molecule is CCCCOc1cc(C(=O)Nc2cc(-n3cnc(C)c3)cc(C(F)(F)F)c2)c2ccccc2n1. The number of pyridine rings is 1. The molecule has 0 aliphatic heterocycles. The molecule has 0 fully saturated rings. The normalized spacial score (nSPS) is 11.6. The van der Waals surface area contributed by atoms with Gasteiger partial charge in [0.25, 0.3) is 5.91 Å². The molecular weight excluding hydrogens is 445 g/mol. The first-order valence-corrected chi connectivity index (χ1v) is 10.8. The maximum atomic E-state index is 13.6. The Morgan fingerprint density at radius 1 is 1.15 bits per heavy atom. The van der Waals surface area contributed by atoms with Crippen LogP contribution in [-0.4, -0.2) is 27.0 Å². The highest BCUT2D eigenvalue weighted by atomic mass is 19.4. The van der Waals surface area contributed by atoms with Gasteiger partial charge in [-0.1, -0.05) is 31.5 Å². The molecule has 0 saturated carbocycles. The zero-order valence-electron chi connectivity index (χ0n) is 18.7. The number of aryl methyl sites for hydroxylation is 1. The van der Waals surface area contributed by atoms with Crippen molar-refractivity contribution in [1.29, 1.82) is 0 Å². The predicted molar refractivity (Wildman–Crippen MR) is 123 cm³/mol. The molecule has 2 aromatic carbocycles. The van der Waals surface area contributed by atoms with Crippen LogP contribution < -0.4 is 10.1 Å². The molecule has 0 aliphatic rings. The lowest BCUT2D eigenvalue weighted by molar-refractivity contribution is -0.137. The number of fused-ring (bicyclic) bond motifs is 1. The van der Waals surface area contributed by atoms with Gasteiger partial charge in [0.1, 0.15) is 0 Å². The van der Waals surface area contributed by atoms with Gasteiger partial charge in [-0.15, -0.1) is 0 Å². The molecule has 176 valence electrons. The Kier molecular flexibility index (Phi) is 6.54. The number of unbranched alkanes of at least 4 members (excludes halogenated alkanes) is 1. The van der Waals surface area contributed by atoms with Crippen LogP contribution in [0.5, 0.6) is 5.88 Å². The number of amides is 1. The van der Waals surface area contributed by atoms with Crippen molar-refractivity contribution in [2.75, 3.05) is 11.9 Å². The average Bonchev–Trinajstić information content (AvgIpc) is 3.24. The molecule has 0 saturated heterocycles. The summed E-state index contributed by atoms with van der Waals surface area (Å²) in [5, 5.41) is 3.19. The van der Waals surface area contributed by atoms with Gasteiger partial charge in [0, 0.05) is 29.0 Å². The number of nitrogens with zero attached hydrogens (tertiary/aromatic N) is 3. The summed E-state index contributed by atoms with van der Waals surface area (Å²) < 4.78 is 47.9. The molecule has 0 bridgehead atoms. The van der Waals surface area contributed by atoms with Crippen LogP contribution in [0.4, 0.5) is 18.9 Å². The molecule has 4 aromatic rings. The van der Waals surface area contributed by atoms with Crippen molar-refractivity contribution in [3.8, 4) is 11.6 Å². The zero-order valence-corrected chi connectivity index (χ0v) is 18.7. The number of aromatic nitrogens is 3. The van der Waals surface area contributed by atoms with Crippen LogP contribution in [0.25, 0.3) is 16.6 Å². The number of imidazole rings is 1. The van der Waals surface area contributed by atoms with Crippen LogP contribution in [0, 0.1) is 6.92 Å². The van der Waals surface area contributed by atoms with E-state index in [-0.39, 0.29) is 22.8 Å². The minimum atomic E-state index is -4.59. The number of hydrogen-bond donors (Lipinski definition) is 1. The smallest absolute Gasteiger partial charge is 0.416 e. The number of anilines is 1. The van der Waals surface area contributed by atoms with Crippen LogP contribution in [0.15, 0.2) is 61.1 Å². The lowest BCUT2D eigenvalue weighted by atomic mass is 10.1. The molecule has 1 amide bonds. The number of carbonyl (C=O) groups excluding carboxylic acids is 1. The average molecular weight is 468 g/mol. The zero-order chi connectivity index (χ0) is 24.3. The molecule has 4 rings (SSSR count). The third-order valence-electron chi connectivity index (χ3n) is 5.20. The molecule has 9 heteroatoms. The van der Waals surface area contributed by atoms with Crippen molar-refractivity contribution in [3.05, 3.63) is 77.9 Å². The molecule has 0 aliphatic carbocycles. The number of ether oxygens (including phenoxy) is 1. The summed E-state index contributed by atoms with van der Waals surface area (Å²) in [6.45, 7) is 4.22. The second-order valence-electron chi connectivity index (χ2n) is 7.87. The first-order valence-electron chi connectivity index (χ1n) is 10.8. The summed E-state index contributed by atoms with van der Waals surface area (Å²) in [6, 6.07) is 11.9. The lowest BCUT2D eigenvalue weighted by Crippen LogP contribution is -2.15. The predicted octanol–water partition coefficient (Wildman–Crippen LogP) is 6.18. The Bertz CT molecular complexity index is 1330. The fourth-order valence-corrected chi connectivity index (χ4v) is 3.49. The highest BCUT2D eigenvalue weighted by Gasteiger charge is 2.31. The van der Waals surface area contributed by atoms with Gasteiger partial charge in [0.2, 0.25) is 5.88 Å². The lowest BCUT2D eigenvalue weighted by Gasteiger charge is -2.15. The third-order valence-corrected chi connectivity index (χ3v) is 5.20. The van der Waals surface area contributed by atoms with E-state index in [9.17, 15) is 18.0 Å². The van der Waals surface area contributed by atoms with Crippen molar-refractivity contribution in [3.63, 3.8) is 0 Å². The second kappa shape index (κ2) is 9.54. The van der Waals surface area contributed by atoms with Crippen LogP contribution in [0.2, 0.25) is 0 Å². The summed E-state index contributed by atoms with van der Waals surface area (Å²) in [4.78, 5) is 21.7. The number of halogens is 3. The van der Waals surface area contributed by atoms with Gasteiger partial charge >= 0.3 is 6.18 Å². The van der Waals surface area contributed by atoms with Gasteiger partial charge in [-0.05, 0) is 37.6 Å². The maximum Gasteiger partial charge on any atom is 0.416 e. The molecule has 6 nitrogen and oxygen atoms in total. The fourth-order valence-electron chi connectivity index (χ4n) is 3.49. The minimum absolute atomic E-state index is 0.00974. The monoisotopic (exact) mass is 468 g/mol. The van der Waals surface area contributed by atoms with Gasteiger partial charge in [-0.2, -0.15) is 13.2 Å². The molecule has 0 unspecified atom stereocenters. The van der Waals surface area contributed by atoms with Crippen molar-refractivity contribution >= 4 is 22.5 Å². The summed E-state index contributed by atoms with van der Waals surface area (Å²) in [5.74, 6) is -0.276. The first-order chi connectivity index (χ1) is 16.2. The van der Waals surface area contributed by atoms with E-state index in [2.05, 4.69) is 15.3 Å². The van der Waals surface area contributed by atoms with Crippen LogP contribution in [0.1, 0.15) is 41.4 Å². The fraction of sp³-hybridized carbons (Fsp3) is 0.240. The Morgan fingerprint density at radius 2 is 1.94 bits per heavy atom. The van der Waals surface area contributed by atoms with Crippen LogP contribution >= 0.6 is 0 Å². The summed E-state index contributed by atoms with van der Waals surface area (Å²) in [5.41, 5.74) is 0.830. The Labute approximate surface area is 194 Å². The van der Waals surface area contributed by atoms with Gasteiger partial charge < -0.3 is 14.6 Å². The Hall–Kier alpha value is -3.88. The number of nitrogens with one attached hydrogen (secondary N) is 1. The summed E-state index contributed by atoms with van der Waals surface area (Å²) in [6.07, 6.45) is 0.213. The highest BCUT2D eigenvalue weighted by molar-refractivity contribution is 6.12. The largest absolute Gasteiger partial charge is 0.478 e. The third kappa shape index (κ3) is 5.19. The van der Waals surface area contributed by atoms with E-state index in [1.807, 2.05) is 6.92 Å². The van der Waals surface area contributed by atoms with Gasteiger partial charge in [0.05, 0.1) is 35.3 Å².